The molecule has 0 fully saturated rings. The molecule has 7 heteroatoms. The van der Waals surface area contributed by atoms with Crippen LogP contribution in [0.4, 0.5) is 0 Å². The predicted molar refractivity (Wildman–Crippen MR) is 71.5 cm³/mol. The van der Waals surface area contributed by atoms with Gasteiger partial charge in [0, 0.05) is 11.3 Å². The van der Waals surface area contributed by atoms with Gasteiger partial charge in [0.15, 0.2) is 17.3 Å². The first-order valence-corrected chi connectivity index (χ1v) is 5.95. The highest BCUT2D eigenvalue weighted by Gasteiger charge is 2.11. The minimum absolute atomic E-state index is 0.184. The summed E-state index contributed by atoms with van der Waals surface area (Å²) in [6, 6.07) is 6.18. The first kappa shape index (κ1) is 11.8. The molecular weight excluding hydrogens is 264 g/mol. The molecule has 19 heavy (non-hydrogen) atoms. The van der Waals surface area contributed by atoms with E-state index in [-0.39, 0.29) is 11.5 Å². The minimum atomic E-state index is -0.216. The lowest BCUT2D eigenvalue weighted by Crippen LogP contribution is -1.95. The van der Waals surface area contributed by atoms with Crippen molar-refractivity contribution in [3.63, 3.8) is 0 Å². The van der Waals surface area contributed by atoms with Crippen molar-refractivity contribution >= 4 is 18.4 Å². The highest BCUT2D eigenvalue weighted by molar-refractivity contribution is 7.80. The third-order valence-corrected chi connectivity index (χ3v) is 2.97. The molecule has 0 unspecified atom stereocenters. The summed E-state index contributed by atoms with van der Waals surface area (Å²) in [5.41, 5.74) is 1.39. The lowest BCUT2D eigenvalue weighted by atomic mass is 10.2. The molecule has 0 atom stereocenters. The van der Waals surface area contributed by atoms with Gasteiger partial charge < -0.3 is 10.2 Å². The maximum absolute atomic E-state index is 9.49. The van der Waals surface area contributed by atoms with Crippen molar-refractivity contribution < 1.29 is 10.2 Å². The van der Waals surface area contributed by atoms with Crippen LogP contribution in [0.2, 0.25) is 0 Å². The quantitative estimate of drug-likeness (QED) is 0.358. The van der Waals surface area contributed by atoms with Gasteiger partial charge in [-0.05, 0) is 31.2 Å². The smallest absolute Gasteiger partial charge is 0.254 e. The standard InChI is InChI=1S/C12H10N4O2S/c1-6-4-10(19)16-12(13-6)14-11(15-16)7-2-3-8(17)9(18)5-7/h2-5,17-19H,1H3. The van der Waals surface area contributed by atoms with Crippen molar-refractivity contribution in [2.45, 2.75) is 11.9 Å². The second-order valence-corrected chi connectivity index (χ2v) is 4.56. The van der Waals surface area contributed by atoms with Crippen LogP contribution in [0, 0.1) is 6.92 Å². The Hall–Kier alpha value is -2.28. The molecule has 2 aromatic heterocycles. The normalized spacial score (nSPS) is 11.1. The molecule has 0 bridgehead atoms. The molecule has 0 saturated carbocycles. The fraction of sp³-hybridized carbons (Fsp3) is 0.0833. The number of hydrogen-bond donors (Lipinski definition) is 3. The van der Waals surface area contributed by atoms with E-state index in [0.29, 0.717) is 22.2 Å². The van der Waals surface area contributed by atoms with E-state index in [1.807, 2.05) is 6.92 Å². The summed E-state index contributed by atoms with van der Waals surface area (Å²) in [6.45, 7) is 1.85. The number of hydrogen-bond acceptors (Lipinski definition) is 6. The summed E-state index contributed by atoms with van der Waals surface area (Å²) >= 11 is 4.31. The number of aromatic nitrogens is 4. The van der Waals surface area contributed by atoms with Crippen molar-refractivity contribution in [3.8, 4) is 22.9 Å². The summed E-state index contributed by atoms with van der Waals surface area (Å²) < 4.78 is 1.51. The van der Waals surface area contributed by atoms with Gasteiger partial charge in [-0.15, -0.1) is 17.7 Å². The van der Waals surface area contributed by atoms with Crippen LogP contribution in [0.25, 0.3) is 17.2 Å². The summed E-state index contributed by atoms with van der Waals surface area (Å²) in [7, 11) is 0. The highest BCUT2D eigenvalue weighted by atomic mass is 32.1. The van der Waals surface area contributed by atoms with E-state index in [0.717, 1.165) is 5.69 Å². The number of benzene rings is 1. The highest BCUT2D eigenvalue weighted by Crippen LogP contribution is 2.29. The second-order valence-electron chi connectivity index (χ2n) is 4.11. The first-order valence-electron chi connectivity index (χ1n) is 5.50. The molecule has 2 N–H and O–H groups in total. The molecule has 2 heterocycles. The van der Waals surface area contributed by atoms with Gasteiger partial charge in [-0.2, -0.15) is 9.50 Å². The van der Waals surface area contributed by atoms with Crippen molar-refractivity contribution in [1.29, 1.82) is 0 Å². The fourth-order valence-corrected chi connectivity index (χ4v) is 2.07. The molecule has 0 amide bonds. The van der Waals surface area contributed by atoms with Crippen LogP contribution < -0.4 is 0 Å². The molecule has 0 saturated heterocycles. The second kappa shape index (κ2) is 4.13. The maximum atomic E-state index is 9.49. The van der Waals surface area contributed by atoms with E-state index in [9.17, 15) is 10.2 Å². The molecule has 3 aromatic rings. The topological polar surface area (TPSA) is 83.5 Å². The number of thiol groups is 1. The molecule has 0 spiro atoms. The molecule has 0 aliphatic heterocycles. The zero-order valence-corrected chi connectivity index (χ0v) is 10.8. The van der Waals surface area contributed by atoms with Gasteiger partial charge in [0.05, 0.1) is 0 Å². The van der Waals surface area contributed by atoms with Crippen LogP contribution in [0.5, 0.6) is 11.5 Å². The molecular formula is C12H10N4O2S. The van der Waals surface area contributed by atoms with E-state index in [1.54, 1.807) is 12.1 Å². The van der Waals surface area contributed by atoms with Crippen molar-refractivity contribution in [2.75, 3.05) is 0 Å². The predicted octanol–water partition coefficient (Wildman–Crippen LogP) is 1.80. The van der Waals surface area contributed by atoms with E-state index in [2.05, 4.69) is 27.7 Å². The molecule has 1 aromatic carbocycles. The number of phenolic OH excluding ortho intramolecular Hbond substituents is 2. The summed E-state index contributed by atoms with van der Waals surface area (Å²) in [5, 5.41) is 23.7. The van der Waals surface area contributed by atoms with Crippen LogP contribution in [0.3, 0.4) is 0 Å². The Morgan fingerprint density at radius 3 is 2.63 bits per heavy atom. The zero-order chi connectivity index (χ0) is 13.6. The van der Waals surface area contributed by atoms with Gasteiger partial charge in [-0.1, -0.05) is 0 Å². The van der Waals surface area contributed by atoms with E-state index >= 15 is 0 Å². The largest absolute Gasteiger partial charge is 0.504 e. The third-order valence-electron chi connectivity index (χ3n) is 2.66. The van der Waals surface area contributed by atoms with Crippen LogP contribution in [-0.4, -0.2) is 29.8 Å². The molecule has 0 aliphatic rings. The first-order chi connectivity index (χ1) is 9.04. The van der Waals surface area contributed by atoms with Crippen LogP contribution in [-0.2, 0) is 0 Å². The number of phenols is 2. The number of nitrogens with zero attached hydrogens (tertiary/aromatic N) is 4. The molecule has 96 valence electrons. The monoisotopic (exact) mass is 274 g/mol. The van der Waals surface area contributed by atoms with E-state index in [4.69, 9.17) is 0 Å². The van der Waals surface area contributed by atoms with Crippen LogP contribution in [0.15, 0.2) is 29.3 Å². The SMILES string of the molecule is Cc1cc(S)n2nc(-c3ccc(O)c(O)c3)nc2n1. The third kappa shape index (κ3) is 1.97. The average molecular weight is 274 g/mol. The average Bonchev–Trinajstić information content (AvgIpc) is 2.76. The van der Waals surface area contributed by atoms with Gasteiger partial charge in [0.1, 0.15) is 5.03 Å². The Morgan fingerprint density at radius 2 is 1.89 bits per heavy atom. The van der Waals surface area contributed by atoms with E-state index < -0.39 is 0 Å². The van der Waals surface area contributed by atoms with Crippen LogP contribution >= 0.6 is 12.6 Å². The molecule has 0 radical (unpaired) electrons. The Morgan fingerprint density at radius 1 is 1.11 bits per heavy atom. The summed E-state index contributed by atoms with van der Waals surface area (Å²) in [5.74, 6) is 0.444. The minimum Gasteiger partial charge on any atom is -0.504 e. The molecule has 6 nitrogen and oxygen atoms in total. The maximum Gasteiger partial charge on any atom is 0.254 e. The molecule has 3 rings (SSSR count). The van der Waals surface area contributed by atoms with Gasteiger partial charge in [-0.3, -0.25) is 0 Å². The van der Waals surface area contributed by atoms with Crippen LogP contribution in [0.1, 0.15) is 5.69 Å². The number of rotatable bonds is 1. The summed E-state index contributed by atoms with van der Waals surface area (Å²) in [6.07, 6.45) is 0. The number of aryl methyl sites for hydroxylation is 1. The Bertz CT molecular complexity index is 785. The molecule has 0 aliphatic carbocycles. The van der Waals surface area contributed by atoms with Gasteiger partial charge >= 0.3 is 0 Å². The number of aromatic hydroxyl groups is 2. The van der Waals surface area contributed by atoms with Crippen molar-refractivity contribution in [1.82, 2.24) is 19.6 Å². The Labute approximate surface area is 113 Å². The summed E-state index contributed by atoms with van der Waals surface area (Å²) in [4.78, 5) is 8.53. The van der Waals surface area contributed by atoms with Gasteiger partial charge in [0.2, 0.25) is 0 Å². The van der Waals surface area contributed by atoms with Crippen molar-refractivity contribution in [3.05, 3.63) is 30.0 Å². The Kier molecular flexibility index (Phi) is 2.56. The Balaban J connectivity index is 2.20. The lowest BCUT2D eigenvalue weighted by Gasteiger charge is -1.98. The van der Waals surface area contributed by atoms with Gasteiger partial charge in [0.25, 0.3) is 5.78 Å². The van der Waals surface area contributed by atoms with Gasteiger partial charge in [-0.25, -0.2) is 4.98 Å². The fourth-order valence-electron chi connectivity index (χ4n) is 1.75. The lowest BCUT2D eigenvalue weighted by molar-refractivity contribution is 0.404. The zero-order valence-electron chi connectivity index (χ0n) is 9.94. The van der Waals surface area contributed by atoms with Crippen molar-refractivity contribution in [2.24, 2.45) is 0 Å². The number of fused-ring (bicyclic) bond motifs is 1. The van der Waals surface area contributed by atoms with E-state index in [1.165, 1.54) is 16.6 Å².